The Hall–Kier alpha value is -1.23. The number of rotatable bonds is 5. The van der Waals surface area contributed by atoms with Crippen LogP contribution in [0.1, 0.15) is 32.9 Å². The second-order valence-electron chi connectivity index (χ2n) is 4.32. The van der Waals surface area contributed by atoms with Crippen molar-refractivity contribution in [2.75, 3.05) is 11.9 Å². The summed E-state index contributed by atoms with van der Waals surface area (Å²) in [7, 11) is 0. The van der Waals surface area contributed by atoms with Gasteiger partial charge in [0.2, 0.25) is 0 Å². The Kier molecular flexibility index (Phi) is 4.18. The predicted octanol–water partition coefficient (Wildman–Crippen LogP) is 1.75. The summed E-state index contributed by atoms with van der Waals surface area (Å²) in [5.74, 6) is -0.207. The minimum absolute atomic E-state index is 0.0489. The van der Waals surface area contributed by atoms with Gasteiger partial charge in [0.25, 0.3) is 0 Å². The summed E-state index contributed by atoms with van der Waals surface area (Å²) in [6, 6.07) is 0. The molecular weight excluding hydrogens is 209 g/mol. The maximum atomic E-state index is 13.8. The molecule has 0 atom stereocenters. The molecule has 0 aromatic carbocycles. The molecule has 0 saturated heterocycles. The third kappa shape index (κ3) is 3.13. The number of aryl methyl sites for hydroxylation is 1. The average Bonchev–Trinajstić information content (AvgIpc) is 2.21. The fourth-order valence-corrected chi connectivity index (χ4v) is 1.40. The Morgan fingerprint density at radius 3 is 2.69 bits per heavy atom. The van der Waals surface area contributed by atoms with Crippen LogP contribution < -0.4 is 5.32 Å². The van der Waals surface area contributed by atoms with Crippen molar-refractivity contribution in [3.63, 3.8) is 0 Å². The van der Waals surface area contributed by atoms with Gasteiger partial charge in [-0.1, -0.05) is 6.92 Å². The van der Waals surface area contributed by atoms with E-state index in [0.717, 1.165) is 0 Å². The van der Waals surface area contributed by atoms with Crippen molar-refractivity contribution in [1.82, 2.24) is 9.97 Å². The average molecular weight is 227 g/mol. The first-order chi connectivity index (χ1) is 7.50. The highest BCUT2D eigenvalue weighted by Gasteiger charge is 2.20. The zero-order valence-electron chi connectivity index (χ0n) is 9.92. The number of aliphatic hydroxyl groups is 1. The van der Waals surface area contributed by atoms with Gasteiger partial charge < -0.3 is 10.4 Å². The van der Waals surface area contributed by atoms with E-state index in [1.54, 1.807) is 0 Å². The molecule has 0 aliphatic heterocycles. The zero-order valence-corrected chi connectivity index (χ0v) is 9.92. The van der Waals surface area contributed by atoms with Crippen molar-refractivity contribution in [2.45, 2.75) is 39.2 Å². The van der Waals surface area contributed by atoms with E-state index < -0.39 is 11.4 Å². The third-order valence-corrected chi connectivity index (χ3v) is 2.39. The zero-order chi connectivity index (χ0) is 12.2. The minimum Gasteiger partial charge on any atom is -0.396 e. The van der Waals surface area contributed by atoms with E-state index in [1.807, 2.05) is 20.8 Å². The maximum Gasteiger partial charge on any atom is 0.186 e. The van der Waals surface area contributed by atoms with Gasteiger partial charge in [-0.05, 0) is 26.7 Å². The molecule has 0 fully saturated rings. The normalized spacial score (nSPS) is 11.6. The quantitative estimate of drug-likeness (QED) is 0.804. The number of aromatic nitrogens is 2. The molecule has 1 heterocycles. The largest absolute Gasteiger partial charge is 0.396 e. The van der Waals surface area contributed by atoms with Gasteiger partial charge in [0.1, 0.15) is 6.33 Å². The lowest BCUT2D eigenvalue weighted by Crippen LogP contribution is -2.33. The fourth-order valence-electron chi connectivity index (χ4n) is 1.40. The molecule has 2 N–H and O–H groups in total. The summed E-state index contributed by atoms with van der Waals surface area (Å²) in [5.41, 5.74) is 0.00638. The first kappa shape index (κ1) is 12.8. The lowest BCUT2D eigenvalue weighted by molar-refractivity contribution is 0.260. The number of nitrogens with one attached hydrogen (secondary N) is 1. The lowest BCUT2D eigenvalue weighted by atomic mass is 10.0. The number of nitrogens with zero attached hydrogens (tertiary/aromatic N) is 2. The molecule has 0 radical (unpaired) electrons. The van der Waals surface area contributed by atoms with Crippen LogP contribution in [0.3, 0.4) is 0 Å². The van der Waals surface area contributed by atoms with Crippen molar-refractivity contribution >= 4 is 5.82 Å². The van der Waals surface area contributed by atoms with Crippen molar-refractivity contribution in [3.05, 3.63) is 17.8 Å². The van der Waals surface area contributed by atoms with Crippen molar-refractivity contribution in [1.29, 1.82) is 0 Å². The van der Waals surface area contributed by atoms with Crippen LogP contribution in [0.2, 0.25) is 0 Å². The van der Waals surface area contributed by atoms with Crippen molar-refractivity contribution < 1.29 is 9.50 Å². The number of anilines is 1. The summed E-state index contributed by atoms with van der Waals surface area (Å²) in [5, 5.41) is 11.9. The number of hydrogen-bond donors (Lipinski definition) is 2. The Balaban J connectivity index is 2.89. The number of hydrogen-bond acceptors (Lipinski definition) is 4. The van der Waals surface area contributed by atoms with Crippen LogP contribution in [0.25, 0.3) is 0 Å². The van der Waals surface area contributed by atoms with Gasteiger partial charge in [0.15, 0.2) is 11.6 Å². The minimum atomic E-state index is -0.406. The molecule has 90 valence electrons. The van der Waals surface area contributed by atoms with Crippen LogP contribution >= 0.6 is 0 Å². The second-order valence-corrected chi connectivity index (χ2v) is 4.32. The standard InChI is InChI=1S/C11H18FN3O/c1-4-8-9(12)10(14-7-13-8)15-11(2,3)5-6-16/h7,16H,4-6H2,1-3H3,(H,13,14,15). The predicted molar refractivity (Wildman–Crippen MR) is 60.8 cm³/mol. The monoisotopic (exact) mass is 227 g/mol. The Labute approximate surface area is 94.9 Å². The third-order valence-electron chi connectivity index (χ3n) is 2.39. The van der Waals surface area contributed by atoms with Crippen LogP contribution in [-0.2, 0) is 6.42 Å². The smallest absolute Gasteiger partial charge is 0.186 e. The summed E-state index contributed by atoms with van der Waals surface area (Å²) < 4.78 is 13.8. The molecule has 0 unspecified atom stereocenters. The summed E-state index contributed by atoms with van der Waals surface area (Å²) in [6.07, 6.45) is 2.40. The highest BCUT2D eigenvalue weighted by Crippen LogP contribution is 2.20. The maximum absolute atomic E-state index is 13.8. The molecular formula is C11H18FN3O. The van der Waals surface area contributed by atoms with Gasteiger partial charge >= 0.3 is 0 Å². The van der Waals surface area contributed by atoms with Crippen molar-refractivity contribution in [2.24, 2.45) is 0 Å². The molecule has 1 rings (SSSR count). The van der Waals surface area contributed by atoms with E-state index in [9.17, 15) is 4.39 Å². The van der Waals surface area contributed by atoms with Gasteiger partial charge in [-0.3, -0.25) is 0 Å². The summed E-state index contributed by atoms with van der Waals surface area (Å²) in [4.78, 5) is 7.73. The number of halogens is 1. The summed E-state index contributed by atoms with van der Waals surface area (Å²) in [6.45, 7) is 5.66. The SMILES string of the molecule is CCc1ncnc(NC(C)(C)CCO)c1F. The van der Waals surface area contributed by atoms with Crippen molar-refractivity contribution in [3.8, 4) is 0 Å². The van der Waals surface area contributed by atoms with Crippen LogP contribution in [0.4, 0.5) is 10.2 Å². The molecule has 0 saturated carbocycles. The Morgan fingerprint density at radius 1 is 1.44 bits per heavy atom. The van der Waals surface area contributed by atoms with E-state index in [4.69, 9.17) is 5.11 Å². The second kappa shape index (κ2) is 5.21. The summed E-state index contributed by atoms with van der Waals surface area (Å²) >= 11 is 0. The number of aliphatic hydroxyl groups excluding tert-OH is 1. The van der Waals surface area contributed by atoms with Gasteiger partial charge in [0.05, 0.1) is 5.69 Å². The van der Waals surface area contributed by atoms with Gasteiger partial charge in [0, 0.05) is 12.1 Å². The highest BCUT2D eigenvalue weighted by atomic mass is 19.1. The van der Waals surface area contributed by atoms with Gasteiger partial charge in [-0.15, -0.1) is 0 Å². The van der Waals surface area contributed by atoms with Crippen LogP contribution in [0.15, 0.2) is 6.33 Å². The first-order valence-electron chi connectivity index (χ1n) is 5.38. The molecule has 0 bridgehead atoms. The lowest BCUT2D eigenvalue weighted by Gasteiger charge is -2.26. The van der Waals surface area contributed by atoms with E-state index in [0.29, 0.717) is 18.5 Å². The van der Waals surface area contributed by atoms with Gasteiger partial charge in [-0.25, -0.2) is 14.4 Å². The highest BCUT2D eigenvalue weighted by molar-refractivity contribution is 5.39. The van der Waals surface area contributed by atoms with E-state index in [2.05, 4.69) is 15.3 Å². The molecule has 1 aromatic heterocycles. The molecule has 16 heavy (non-hydrogen) atoms. The van der Waals surface area contributed by atoms with Crippen LogP contribution in [0.5, 0.6) is 0 Å². The Morgan fingerprint density at radius 2 is 2.12 bits per heavy atom. The Bertz CT molecular complexity index is 355. The first-order valence-corrected chi connectivity index (χ1v) is 5.38. The van der Waals surface area contributed by atoms with E-state index >= 15 is 0 Å². The fraction of sp³-hybridized carbons (Fsp3) is 0.636. The van der Waals surface area contributed by atoms with E-state index in [-0.39, 0.29) is 12.4 Å². The molecule has 5 heteroatoms. The molecule has 0 amide bonds. The van der Waals surface area contributed by atoms with E-state index in [1.165, 1.54) is 6.33 Å². The molecule has 1 aromatic rings. The molecule has 0 spiro atoms. The molecule has 0 aliphatic carbocycles. The van der Waals surface area contributed by atoms with Crippen LogP contribution in [0, 0.1) is 5.82 Å². The van der Waals surface area contributed by atoms with Gasteiger partial charge in [-0.2, -0.15) is 0 Å². The van der Waals surface area contributed by atoms with Crippen LogP contribution in [-0.4, -0.2) is 27.2 Å². The molecule has 4 nitrogen and oxygen atoms in total. The molecule has 0 aliphatic rings. The topological polar surface area (TPSA) is 58.0 Å².